The number of aromatic nitrogens is 1. The van der Waals surface area contributed by atoms with E-state index in [1.807, 2.05) is 30.1 Å². The van der Waals surface area contributed by atoms with Gasteiger partial charge in [0.25, 0.3) is 0 Å². The van der Waals surface area contributed by atoms with Crippen molar-refractivity contribution in [2.45, 2.75) is 12.8 Å². The number of aryl methyl sites for hydroxylation is 1. The Kier molecular flexibility index (Phi) is 3.71. The summed E-state index contributed by atoms with van der Waals surface area (Å²) < 4.78 is 1.93. The van der Waals surface area contributed by atoms with Crippen LogP contribution in [-0.2, 0) is 7.05 Å². The van der Waals surface area contributed by atoms with Gasteiger partial charge in [-0.2, -0.15) is 0 Å². The Morgan fingerprint density at radius 2 is 1.89 bits per heavy atom. The molecule has 1 aromatic rings. The van der Waals surface area contributed by atoms with Crippen LogP contribution in [-0.4, -0.2) is 59.4 Å². The minimum Gasteiger partial charge on any atom is -0.357 e. The normalized spacial score (nSPS) is 21.7. The number of carbonyl (C=O) groups is 1. The molecule has 0 radical (unpaired) electrons. The highest BCUT2D eigenvalue weighted by molar-refractivity contribution is 5.97. The number of Topliss-reactive ketones (excluding diaryl/α,β-unsaturated/α-hetero) is 1. The third kappa shape index (κ3) is 3.45. The first kappa shape index (κ1) is 12.9. The van der Waals surface area contributed by atoms with E-state index in [0.29, 0.717) is 6.54 Å². The number of hydrogen-bond donors (Lipinski definition) is 0. The van der Waals surface area contributed by atoms with E-state index in [-0.39, 0.29) is 5.78 Å². The summed E-state index contributed by atoms with van der Waals surface area (Å²) in [7, 11) is 1.95. The van der Waals surface area contributed by atoms with Crippen LogP contribution in [0.2, 0.25) is 0 Å². The van der Waals surface area contributed by atoms with Crippen molar-refractivity contribution in [1.29, 1.82) is 0 Å². The zero-order valence-electron chi connectivity index (χ0n) is 11.7. The predicted molar refractivity (Wildman–Crippen MR) is 75.3 cm³/mol. The number of hydrogen-bond acceptors (Lipinski definition) is 3. The molecule has 2 heterocycles. The van der Waals surface area contributed by atoms with Gasteiger partial charge in [-0.15, -0.1) is 0 Å². The Bertz CT molecular complexity index is 442. The minimum absolute atomic E-state index is 0.247. The van der Waals surface area contributed by atoms with E-state index in [4.69, 9.17) is 0 Å². The van der Waals surface area contributed by atoms with Crippen LogP contribution in [0.15, 0.2) is 18.5 Å². The molecule has 0 unspecified atom stereocenters. The van der Waals surface area contributed by atoms with Crippen molar-refractivity contribution >= 4 is 5.78 Å². The van der Waals surface area contributed by atoms with Crippen LogP contribution in [0.3, 0.4) is 0 Å². The van der Waals surface area contributed by atoms with Crippen LogP contribution in [0.1, 0.15) is 23.2 Å². The molecule has 4 heteroatoms. The van der Waals surface area contributed by atoms with Gasteiger partial charge in [0.15, 0.2) is 5.78 Å². The second-order valence-corrected chi connectivity index (χ2v) is 6.01. The first-order valence-corrected chi connectivity index (χ1v) is 7.30. The molecule has 1 aliphatic heterocycles. The molecule has 104 valence electrons. The molecule has 1 saturated heterocycles. The van der Waals surface area contributed by atoms with E-state index in [0.717, 1.165) is 37.7 Å². The summed E-state index contributed by atoms with van der Waals surface area (Å²) in [6.07, 6.45) is 6.69. The Hall–Kier alpha value is -1.13. The average Bonchev–Trinajstić information content (AvgIpc) is 3.11. The minimum atomic E-state index is 0.247. The molecule has 0 amide bonds. The van der Waals surface area contributed by atoms with Gasteiger partial charge >= 0.3 is 0 Å². The molecule has 1 saturated carbocycles. The van der Waals surface area contributed by atoms with Gasteiger partial charge in [0.2, 0.25) is 0 Å². The maximum atomic E-state index is 12.1. The zero-order valence-corrected chi connectivity index (χ0v) is 11.7. The molecule has 0 bridgehead atoms. The molecule has 1 aromatic heterocycles. The zero-order chi connectivity index (χ0) is 13.2. The van der Waals surface area contributed by atoms with Crippen molar-refractivity contribution in [2.75, 3.05) is 39.3 Å². The monoisotopic (exact) mass is 261 g/mol. The molecule has 1 aliphatic carbocycles. The molecule has 2 fully saturated rings. The number of rotatable bonds is 5. The summed E-state index contributed by atoms with van der Waals surface area (Å²) in [5.41, 5.74) is 0.836. The molecule has 0 N–H and O–H groups in total. The lowest BCUT2D eigenvalue weighted by molar-refractivity contribution is 0.0847. The smallest absolute Gasteiger partial charge is 0.178 e. The average molecular weight is 261 g/mol. The largest absolute Gasteiger partial charge is 0.357 e. The third-order valence-electron chi connectivity index (χ3n) is 4.20. The highest BCUT2D eigenvalue weighted by Gasteiger charge is 2.26. The fourth-order valence-corrected chi connectivity index (χ4v) is 2.76. The highest BCUT2D eigenvalue weighted by atomic mass is 16.1. The van der Waals surface area contributed by atoms with Gasteiger partial charge in [-0.25, -0.2) is 0 Å². The van der Waals surface area contributed by atoms with Crippen molar-refractivity contribution in [3.05, 3.63) is 24.0 Å². The first-order chi connectivity index (χ1) is 9.20. The van der Waals surface area contributed by atoms with Crippen LogP contribution in [0.5, 0.6) is 0 Å². The van der Waals surface area contributed by atoms with Crippen LogP contribution in [0, 0.1) is 5.92 Å². The van der Waals surface area contributed by atoms with Gasteiger partial charge in [0.05, 0.1) is 6.54 Å². The Morgan fingerprint density at radius 1 is 1.21 bits per heavy atom. The molecule has 3 rings (SSSR count). The van der Waals surface area contributed by atoms with Gasteiger partial charge in [0.1, 0.15) is 0 Å². The van der Waals surface area contributed by atoms with Gasteiger partial charge in [-0.3, -0.25) is 9.69 Å². The molecule has 19 heavy (non-hydrogen) atoms. The van der Waals surface area contributed by atoms with E-state index in [1.165, 1.54) is 19.4 Å². The Labute approximate surface area is 115 Å². The second-order valence-electron chi connectivity index (χ2n) is 6.01. The van der Waals surface area contributed by atoms with E-state index >= 15 is 0 Å². The predicted octanol–water partition coefficient (Wildman–Crippen LogP) is 1.24. The van der Waals surface area contributed by atoms with Crippen molar-refractivity contribution in [2.24, 2.45) is 13.0 Å². The number of ketones is 1. The quantitative estimate of drug-likeness (QED) is 0.747. The summed E-state index contributed by atoms with van der Waals surface area (Å²) in [6, 6.07) is 1.91. The van der Waals surface area contributed by atoms with Crippen LogP contribution in [0.25, 0.3) is 0 Å². The van der Waals surface area contributed by atoms with E-state index < -0.39 is 0 Å². The third-order valence-corrected chi connectivity index (χ3v) is 4.20. The van der Waals surface area contributed by atoms with Gasteiger partial charge < -0.3 is 9.47 Å². The summed E-state index contributed by atoms with van der Waals surface area (Å²) >= 11 is 0. The molecular weight excluding hydrogens is 238 g/mol. The van der Waals surface area contributed by atoms with Crippen molar-refractivity contribution in [3.63, 3.8) is 0 Å². The Morgan fingerprint density at radius 3 is 2.47 bits per heavy atom. The lowest BCUT2D eigenvalue weighted by atomic mass is 10.2. The summed E-state index contributed by atoms with van der Waals surface area (Å²) in [5.74, 6) is 1.22. The maximum absolute atomic E-state index is 12.1. The molecule has 2 aliphatic rings. The summed E-state index contributed by atoms with van der Waals surface area (Å²) in [4.78, 5) is 17.0. The summed E-state index contributed by atoms with van der Waals surface area (Å²) in [5, 5.41) is 0. The molecule has 0 aromatic carbocycles. The van der Waals surface area contributed by atoms with Gasteiger partial charge in [0, 0.05) is 57.7 Å². The summed E-state index contributed by atoms with van der Waals surface area (Å²) in [6.45, 7) is 6.16. The van der Waals surface area contributed by atoms with Crippen LogP contribution >= 0.6 is 0 Å². The fraction of sp³-hybridized carbons (Fsp3) is 0.667. The van der Waals surface area contributed by atoms with Crippen LogP contribution < -0.4 is 0 Å². The lowest BCUT2D eigenvalue weighted by Gasteiger charge is -2.34. The molecule has 0 atom stereocenters. The molecular formula is C15H23N3O. The standard InChI is InChI=1S/C15H23N3O/c1-16-5-4-14(11-16)15(19)12-18-8-6-17(7-9-18)10-13-2-3-13/h4-5,11,13H,2-3,6-10,12H2,1H3. The van der Waals surface area contributed by atoms with Crippen molar-refractivity contribution in [1.82, 2.24) is 14.4 Å². The molecule has 4 nitrogen and oxygen atoms in total. The highest BCUT2D eigenvalue weighted by Crippen LogP contribution is 2.29. The second kappa shape index (κ2) is 5.47. The number of carbonyl (C=O) groups excluding carboxylic acids is 1. The van der Waals surface area contributed by atoms with E-state index in [1.54, 1.807) is 0 Å². The van der Waals surface area contributed by atoms with E-state index in [2.05, 4.69) is 9.80 Å². The topological polar surface area (TPSA) is 28.5 Å². The van der Waals surface area contributed by atoms with Crippen molar-refractivity contribution in [3.8, 4) is 0 Å². The number of nitrogens with zero attached hydrogens (tertiary/aromatic N) is 3. The van der Waals surface area contributed by atoms with Gasteiger partial charge in [-0.05, 0) is 24.8 Å². The number of piperazine rings is 1. The van der Waals surface area contributed by atoms with E-state index in [9.17, 15) is 4.79 Å². The van der Waals surface area contributed by atoms with Crippen LogP contribution in [0.4, 0.5) is 0 Å². The lowest BCUT2D eigenvalue weighted by Crippen LogP contribution is -2.48. The first-order valence-electron chi connectivity index (χ1n) is 7.30. The SMILES string of the molecule is Cn1ccc(C(=O)CN2CCN(CC3CC3)CC2)c1. The Balaban J connectivity index is 1.45. The maximum Gasteiger partial charge on any atom is 0.178 e. The van der Waals surface area contributed by atoms with Gasteiger partial charge in [-0.1, -0.05) is 0 Å². The van der Waals surface area contributed by atoms with Crippen molar-refractivity contribution < 1.29 is 4.79 Å². The fourth-order valence-electron chi connectivity index (χ4n) is 2.76. The molecule has 0 spiro atoms.